The van der Waals surface area contributed by atoms with Gasteiger partial charge in [-0.2, -0.15) is 0 Å². The largest absolute Gasteiger partial charge is 0.497 e. The van der Waals surface area contributed by atoms with E-state index < -0.39 is 5.54 Å². The molecule has 0 bridgehead atoms. The number of hydrogen-bond donors (Lipinski definition) is 2. The number of benzene rings is 2. The van der Waals surface area contributed by atoms with Gasteiger partial charge < -0.3 is 15.2 Å². The second-order valence-electron chi connectivity index (χ2n) is 5.08. The minimum absolute atomic E-state index is 0.00280. The summed E-state index contributed by atoms with van der Waals surface area (Å²) in [5, 5.41) is 13.3. The van der Waals surface area contributed by atoms with Crippen molar-refractivity contribution in [2.75, 3.05) is 25.3 Å². The van der Waals surface area contributed by atoms with Crippen LogP contribution >= 0.6 is 11.8 Å². The van der Waals surface area contributed by atoms with Gasteiger partial charge in [-0.15, -0.1) is 11.8 Å². The molecule has 0 amide bonds. The predicted octanol–water partition coefficient (Wildman–Crippen LogP) is 3.74. The Morgan fingerprint density at radius 3 is 2.48 bits per heavy atom. The first-order valence-electron chi connectivity index (χ1n) is 6.79. The van der Waals surface area contributed by atoms with Crippen molar-refractivity contribution >= 4 is 17.4 Å². The molecule has 0 heterocycles. The number of hydrogen-bond acceptors (Lipinski definition) is 4. The van der Waals surface area contributed by atoms with E-state index in [0.29, 0.717) is 0 Å². The summed E-state index contributed by atoms with van der Waals surface area (Å²) >= 11 is 1.71. The molecule has 21 heavy (non-hydrogen) atoms. The van der Waals surface area contributed by atoms with Gasteiger partial charge in [0.05, 0.1) is 19.3 Å². The van der Waals surface area contributed by atoms with E-state index >= 15 is 0 Å². The van der Waals surface area contributed by atoms with Crippen LogP contribution in [0.2, 0.25) is 0 Å². The Labute approximate surface area is 130 Å². The molecule has 0 fully saturated rings. The molecule has 0 spiro atoms. The zero-order valence-corrected chi connectivity index (χ0v) is 13.4. The van der Waals surface area contributed by atoms with Crippen LogP contribution in [0.3, 0.4) is 0 Å². The van der Waals surface area contributed by atoms with Gasteiger partial charge in [-0.25, -0.2) is 0 Å². The van der Waals surface area contributed by atoms with Gasteiger partial charge in [-0.05, 0) is 43.0 Å². The molecule has 0 aliphatic heterocycles. The van der Waals surface area contributed by atoms with Crippen LogP contribution in [0.5, 0.6) is 5.75 Å². The molecule has 2 aromatic rings. The number of rotatable bonds is 6. The van der Waals surface area contributed by atoms with Crippen LogP contribution in [-0.2, 0) is 5.54 Å². The summed E-state index contributed by atoms with van der Waals surface area (Å²) in [6.45, 7) is 1.99. The zero-order valence-electron chi connectivity index (χ0n) is 12.6. The third-order valence-corrected chi connectivity index (χ3v) is 4.28. The van der Waals surface area contributed by atoms with Crippen LogP contribution in [0, 0.1) is 0 Å². The second-order valence-corrected chi connectivity index (χ2v) is 5.96. The molecule has 112 valence electrons. The van der Waals surface area contributed by atoms with Crippen LogP contribution in [-0.4, -0.2) is 25.1 Å². The Hall–Kier alpha value is -1.65. The highest BCUT2D eigenvalue weighted by molar-refractivity contribution is 7.98. The normalized spacial score (nSPS) is 13.5. The second kappa shape index (κ2) is 6.87. The fraction of sp³-hybridized carbons (Fsp3) is 0.294. The molecular formula is C17H21NO2S. The van der Waals surface area contributed by atoms with Crippen molar-refractivity contribution in [3.05, 3.63) is 54.1 Å². The maximum Gasteiger partial charge on any atom is 0.120 e. The van der Waals surface area contributed by atoms with Gasteiger partial charge in [0.15, 0.2) is 0 Å². The lowest BCUT2D eigenvalue weighted by atomic mass is 9.92. The van der Waals surface area contributed by atoms with Gasteiger partial charge >= 0.3 is 0 Å². The van der Waals surface area contributed by atoms with Gasteiger partial charge in [-0.1, -0.05) is 18.2 Å². The van der Waals surface area contributed by atoms with Crippen molar-refractivity contribution in [1.82, 2.24) is 0 Å². The predicted molar refractivity (Wildman–Crippen MR) is 89.3 cm³/mol. The molecule has 3 nitrogen and oxygen atoms in total. The zero-order chi connectivity index (χ0) is 15.3. The van der Waals surface area contributed by atoms with E-state index in [0.717, 1.165) is 17.0 Å². The summed E-state index contributed by atoms with van der Waals surface area (Å²) in [6, 6.07) is 16.0. The Balaban J connectivity index is 2.26. The highest BCUT2D eigenvalue weighted by Gasteiger charge is 2.25. The van der Waals surface area contributed by atoms with Crippen LogP contribution in [0.15, 0.2) is 53.4 Å². The van der Waals surface area contributed by atoms with E-state index in [4.69, 9.17) is 4.74 Å². The molecule has 2 N–H and O–H groups in total. The summed E-state index contributed by atoms with van der Waals surface area (Å²) in [5.74, 6) is 0.790. The maximum atomic E-state index is 9.85. The van der Waals surface area contributed by atoms with Gasteiger partial charge in [0.1, 0.15) is 5.75 Å². The summed E-state index contributed by atoms with van der Waals surface area (Å²) in [7, 11) is 1.64. The number of anilines is 1. The van der Waals surface area contributed by atoms with E-state index in [1.54, 1.807) is 18.9 Å². The average molecular weight is 303 g/mol. The molecule has 0 aromatic heterocycles. The molecule has 0 radical (unpaired) electrons. The molecule has 0 saturated carbocycles. The molecule has 1 atom stereocenters. The number of methoxy groups -OCH3 is 1. The maximum absolute atomic E-state index is 9.85. The van der Waals surface area contributed by atoms with E-state index in [9.17, 15) is 5.11 Å². The van der Waals surface area contributed by atoms with Crippen LogP contribution in [0.25, 0.3) is 0 Å². The summed E-state index contributed by atoms with van der Waals surface area (Å²) in [4.78, 5) is 1.21. The first kappa shape index (κ1) is 15.7. The molecular weight excluding hydrogens is 282 g/mol. The molecule has 2 rings (SSSR count). The monoisotopic (exact) mass is 303 g/mol. The van der Waals surface area contributed by atoms with E-state index in [1.807, 2.05) is 31.2 Å². The van der Waals surface area contributed by atoms with Crippen molar-refractivity contribution in [1.29, 1.82) is 0 Å². The highest BCUT2D eigenvalue weighted by Crippen LogP contribution is 2.29. The Bertz CT molecular complexity index is 586. The van der Waals surface area contributed by atoms with Crippen molar-refractivity contribution in [3.63, 3.8) is 0 Å². The standard InChI is InChI=1S/C17H21NO2S/c1-17(12-19,13-7-9-16(21-3)10-8-13)18-14-5-4-6-15(11-14)20-2/h4-11,18-19H,12H2,1-3H3. The van der Waals surface area contributed by atoms with E-state index in [1.165, 1.54) is 4.90 Å². The molecule has 4 heteroatoms. The van der Waals surface area contributed by atoms with Gasteiger partial charge in [0, 0.05) is 16.6 Å². The summed E-state index contributed by atoms with van der Waals surface area (Å²) in [5.41, 5.74) is 1.43. The van der Waals surface area contributed by atoms with Gasteiger partial charge in [-0.3, -0.25) is 0 Å². The van der Waals surface area contributed by atoms with Crippen molar-refractivity contribution in [2.45, 2.75) is 17.4 Å². The lowest BCUT2D eigenvalue weighted by molar-refractivity contribution is 0.224. The number of aliphatic hydroxyl groups is 1. The summed E-state index contributed by atoms with van der Waals surface area (Å²) < 4.78 is 5.23. The van der Waals surface area contributed by atoms with Gasteiger partial charge in [0.25, 0.3) is 0 Å². The van der Waals surface area contributed by atoms with Crippen LogP contribution in [0.1, 0.15) is 12.5 Å². The van der Waals surface area contributed by atoms with Crippen molar-refractivity contribution in [2.24, 2.45) is 0 Å². The molecule has 2 aromatic carbocycles. The first-order chi connectivity index (χ1) is 10.1. The highest BCUT2D eigenvalue weighted by atomic mass is 32.2. The lowest BCUT2D eigenvalue weighted by Gasteiger charge is -2.31. The van der Waals surface area contributed by atoms with Crippen molar-refractivity contribution < 1.29 is 9.84 Å². The van der Waals surface area contributed by atoms with Gasteiger partial charge in [0.2, 0.25) is 0 Å². The topological polar surface area (TPSA) is 41.5 Å². The van der Waals surface area contributed by atoms with Crippen LogP contribution < -0.4 is 10.1 Å². The third kappa shape index (κ3) is 3.71. The molecule has 0 aliphatic rings. The van der Waals surface area contributed by atoms with Crippen LogP contribution in [0.4, 0.5) is 5.69 Å². The molecule has 0 saturated heterocycles. The van der Waals surface area contributed by atoms with E-state index in [2.05, 4.69) is 35.8 Å². The first-order valence-corrected chi connectivity index (χ1v) is 8.01. The number of aliphatic hydroxyl groups excluding tert-OH is 1. The quantitative estimate of drug-likeness (QED) is 0.798. The Morgan fingerprint density at radius 2 is 1.90 bits per heavy atom. The Morgan fingerprint density at radius 1 is 1.19 bits per heavy atom. The molecule has 1 unspecified atom stereocenters. The fourth-order valence-corrected chi connectivity index (χ4v) is 2.59. The average Bonchev–Trinajstić information content (AvgIpc) is 2.55. The van der Waals surface area contributed by atoms with Crippen molar-refractivity contribution in [3.8, 4) is 5.75 Å². The summed E-state index contributed by atoms with van der Waals surface area (Å²) in [6.07, 6.45) is 2.05. The minimum atomic E-state index is -0.538. The SMILES string of the molecule is COc1cccc(NC(C)(CO)c2ccc(SC)cc2)c1. The third-order valence-electron chi connectivity index (χ3n) is 3.53. The molecule has 0 aliphatic carbocycles. The lowest BCUT2D eigenvalue weighted by Crippen LogP contribution is -2.35. The minimum Gasteiger partial charge on any atom is -0.497 e. The van der Waals surface area contributed by atoms with E-state index in [-0.39, 0.29) is 6.61 Å². The number of ether oxygens (including phenoxy) is 1. The number of nitrogens with one attached hydrogen (secondary N) is 1. The smallest absolute Gasteiger partial charge is 0.120 e. The Kier molecular flexibility index (Phi) is 5.15. The fourth-order valence-electron chi connectivity index (χ4n) is 2.18. The number of thioether (sulfide) groups is 1.